The molecule has 152 valence electrons. The summed E-state index contributed by atoms with van der Waals surface area (Å²) in [6, 6.07) is 23.2. The molecule has 0 radical (unpaired) electrons. The minimum absolute atomic E-state index is 0.152. The average Bonchev–Trinajstić information content (AvgIpc) is 2.75. The van der Waals surface area contributed by atoms with E-state index < -0.39 is 6.03 Å². The van der Waals surface area contributed by atoms with Gasteiger partial charge in [0.05, 0.1) is 6.21 Å². The second kappa shape index (κ2) is 10.4. The molecule has 0 aromatic heterocycles. The van der Waals surface area contributed by atoms with Crippen LogP contribution in [0.25, 0.3) is 0 Å². The topological polar surface area (TPSA) is 91.8 Å². The van der Waals surface area contributed by atoms with E-state index in [2.05, 4.69) is 21.2 Å². The van der Waals surface area contributed by atoms with Gasteiger partial charge >= 0.3 is 6.03 Å². The molecule has 0 bridgehead atoms. The fraction of sp³-hybridized carbons (Fsp3) is 0.0870. The van der Waals surface area contributed by atoms with Crippen LogP contribution in [0.4, 0.5) is 16.2 Å². The third-order valence-electron chi connectivity index (χ3n) is 4.10. The number of amides is 3. The Morgan fingerprint density at radius 2 is 1.60 bits per heavy atom. The summed E-state index contributed by atoms with van der Waals surface area (Å²) < 4.78 is 5.61. The zero-order valence-corrected chi connectivity index (χ0v) is 16.5. The lowest BCUT2D eigenvalue weighted by Gasteiger charge is -2.10. The van der Waals surface area contributed by atoms with Crippen molar-refractivity contribution in [2.75, 3.05) is 17.2 Å². The number of para-hydroxylation sites is 3. The van der Waals surface area contributed by atoms with Gasteiger partial charge in [-0.1, -0.05) is 48.5 Å². The Labute approximate surface area is 174 Å². The van der Waals surface area contributed by atoms with Gasteiger partial charge in [-0.3, -0.25) is 4.79 Å². The number of hydrogen-bond acceptors (Lipinski definition) is 4. The Morgan fingerprint density at radius 3 is 2.40 bits per heavy atom. The third kappa shape index (κ3) is 6.20. The molecule has 7 heteroatoms. The number of carbonyl (C=O) groups is 2. The highest BCUT2D eigenvalue weighted by atomic mass is 16.5. The Balaban J connectivity index is 1.53. The number of rotatable bonds is 7. The van der Waals surface area contributed by atoms with Crippen LogP contribution in [0.15, 0.2) is 84.0 Å². The summed E-state index contributed by atoms with van der Waals surface area (Å²) in [5.74, 6) is 0.203. The maximum absolute atomic E-state index is 12.1. The lowest BCUT2D eigenvalue weighted by molar-refractivity contribution is -0.118. The lowest BCUT2D eigenvalue weighted by atomic mass is 10.2. The van der Waals surface area contributed by atoms with Crippen molar-refractivity contribution in [1.29, 1.82) is 0 Å². The average molecular weight is 402 g/mol. The maximum Gasteiger partial charge on any atom is 0.339 e. The van der Waals surface area contributed by atoms with Crippen molar-refractivity contribution >= 4 is 29.5 Å². The quantitative estimate of drug-likeness (QED) is 0.409. The summed E-state index contributed by atoms with van der Waals surface area (Å²) >= 11 is 0. The minimum atomic E-state index is -0.457. The number of hydrazone groups is 1. The molecule has 0 aliphatic carbocycles. The summed E-state index contributed by atoms with van der Waals surface area (Å²) in [6.45, 7) is 1.75. The molecule has 0 aliphatic rings. The largest absolute Gasteiger partial charge is 0.483 e. The first kappa shape index (κ1) is 20.6. The van der Waals surface area contributed by atoms with Gasteiger partial charge in [-0.05, 0) is 42.8 Å². The van der Waals surface area contributed by atoms with Crippen LogP contribution in [0, 0.1) is 6.92 Å². The molecule has 0 spiro atoms. The first-order valence-electron chi connectivity index (χ1n) is 9.34. The second-order valence-corrected chi connectivity index (χ2v) is 6.38. The number of urea groups is 1. The van der Waals surface area contributed by atoms with E-state index in [4.69, 9.17) is 4.74 Å². The van der Waals surface area contributed by atoms with Gasteiger partial charge < -0.3 is 15.4 Å². The number of carbonyl (C=O) groups excluding carboxylic acids is 2. The van der Waals surface area contributed by atoms with E-state index in [9.17, 15) is 9.59 Å². The summed E-state index contributed by atoms with van der Waals surface area (Å²) in [7, 11) is 0. The van der Waals surface area contributed by atoms with Crippen molar-refractivity contribution < 1.29 is 14.3 Å². The van der Waals surface area contributed by atoms with Crippen LogP contribution in [-0.4, -0.2) is 24.8 Å². The molecule has 3 amide bonds. The van der Waals surface area contributed by atoms with E-state index in [1.54, 1.807) is 30.3 Å². The van der Waals surface area contributed by atoms with Crippen LogP contribution in [0.5, 0.6) is 5.75 Å². The van der Waals surface area contributed by atoms with E-state index in [0.717, 1.165) is 5.56 Å². The van der Waals surface area contributed by atoms with E-state index in [1.165, 1.54) is 6.21 Å². The first-order chi connectivity index (χ1) is 14.6. The van der Waals surface area contributed by atoms with Gasteiger partial charge in [-0.2, -0.15) is 5.10 Å². The zero-order valence-electron chi connectivity index (χ0n) is 16.5. The van der Waals surface area contributed by atoms with Crippen LogP contribution in [0.1, 0.15) is 11.1 Å². The number of ether oxygens (including phenoxy) is 1. The van der Waals surface area contributed by atoms with Crippen molar-refractivity contribution in [2.24, 2.45) is 5.10 Å². The minimum Gasteiger partial charge on any atom is -0.483 e. The molecule has 3 N–H and O–H groups in total. The van der Waals surface area contributed by atoms with Crippen LogP contribution < -0.4 is 20.8 Å². The zero-order chi connectivity index (χ0) is 21.2. The van der Waals surface area contributed by atoms with Crippen molar-refractivity contribution in [1.82, 2.24) is 5.43 Å². The third-order valence-corrected chi connectivity index (χ3v) is 4.10. The molecule has 3 aromatic rings. The second-order valence-electron chi connectivity index (χ2n) is 6.38. The van der Waals surface area contributed by atoms with Gasteiger partial charge in [0.1, 0.15) is 5.75 Å². The molecule has 0 unspecified atom stereocenters. The van der Waals surface area contributed by atoms with Crippen LogP contribution >= 0.6 is 0 Å². The molecule has 3 aromatic carbocycles. The van der Waals surface area contributed by atoms with Crippen molar-refractivity contribution in [3.05, 3.63) is 90.0 Å². The van der Waals surface area contributed by atoms with Gasteiger partial charge in [-0.25, -0.2) is 10.2 Å². The predicted molar refractivity (Wildman–Crippen MR) is 118 cm³/mol. The molecule has 0 fully saturated rings. The molecular formula is C23H22N4O3. The summed E-state index contributed by atoms with van der Waals surface area (Å²) in [6.07, 6.45) is 1.46. The molecule has 0 atom stereocenters. The fourth-order valence-electron chi connectivity index (χ4n) is 2.60. The summed E-state index contributed by atoms with van der Waals surface area (Å²) in [4.78, 5) is 24.1. The summed E-state index contributed by atoms with van der Waals surface area (Å²) in [5.41, 5.74) is 5.40. The molecule has 3 rings (SSSR count). The van der Waals surface area contributed by atoms with Crippen molar-refractivity contribution in [3.63, 3.8) is 0 Å². The van der Waals surface area contributed by atoms with Crippen LogP contribution in [-0.2, 0) is 4.79 Å². The number of nitrogens with zero attached hydrogens (tertiary/aromatic N) is 1. The van der Waals surface area contributed by atoms with Gasteiger partial charge in [0.2, 0.25) is 0 Å². The van der Waals surface area contributed by atoms with Crippen LogP contribution in [0.3, 0.4) is 0 Å². The maximum atomic E-state index is 12.1. The highest BCUT2D eigenvalue weighted by molar-refractivity contribution is 5.93. The Morgan fingerprint density at radius 1 is 0.900 bits per heavy atom. The predicted octanol–water partition coefficient (Wildman–Crippen LogP) is 4.17. The highest BCUT2D eigenvalue weighted by Crippen LogP contribution is 2.16. The van der Waals surface area contributed by atoms with Crippen molar-refractivity contribution in [2.45, 2.75) is 6.92 Å². The molecule has 0 saturated heterocycles. The van der Waals surface area contributed by atoms with Crippen molar-refractivity contribution in [3.8, 4) is 5.75 Å². The summed E-state index contributed by atoms with van der Waals surface area (Å²) in [5, 5.41) is 9.44. The standard InChI is InChI=1S/C23H22N4O3/c1-17-9-5-7-13-20(17)26-23(29)27-24-15-18-10-6-8-14-21(18)30-16-22(28)25-19-11-3-2-4-12-19/h2-15H,16H2,1H3,(H,25,28)(H2,26,27,29). The van der Waals surface area contributed by atoms with Gasteiger partial charge in [0.25, 0.3) is 5.91 Å². The van der Waals surface area contributed by atoms with Gasteiger partial charge in [0, 0.05) is 16.9 Å². The van der Waals surface area contributed by atoms with Gasteiger partial charge in [0.15, 0.2) is 6.61 Å². The number of aryl methyl sites for hydroxylation is 1. The number of hydrogen-bond donors (Lipinski definition) is 3. The molecule has 0 heterocycles. The Hall–Kier alpha value is -4.13. The van der Waals surface area contributed by atoms with E-state index in [1.807, 2.05) is 55.5 Å². The number of nitrogens with one attached hydrogen (secondary N) is 3. The van der Waals surface area contributed by atoms with E-state index in [-0.39, 0.29) is 12.5 Å². The molecule has 0 aliphatic heterocycles. The molecular weight excluding hydrogens is 380 g/mol. The smallest absolute Gasteiger partial charge is 0.339 e. The Bertz CT molecular complexity index is 1040. The highest BCUT2D eigenvalue weighted by Gasteiger charge is 2.07. The van der Waals surface area contributed by atoms with Gasteiger partial charge in [-0.15, -0.1) is 0 Å². The molecule has 7 nitrogen and oxygen atoms in total. The fourth-order valence-corrected chi connectivity index (χ4v) is 2.60. The van der Waals surface area contributed by atoms with Crippen LogP contribution in [0.2, 0.25) is 0 Å². The molecule has 0 saturated carbocycles. The lowest BCUT2D eigenvalue weighted by Crippen LogP contribution is -2.24. The number of anilines is 2. The monoisotopic (exact) mass is 402 g/mol. The Kier molecular flexibility index (Phi) is 7.16. The van der Waals surface area contributed by atoms with E-state index in [0.29, 0.717) is 22.7 Å². The SMILES string of the molecule is Cc1ccccc1NC(=O)NN=Cc1ccccc1OCC(=O)Nc1ccccc1. The molecule has 30 heavy (non-hydrogen) atoms. The normalized spacial score (nSPS) is 10.4. The van der Waals surface area contributed by atoms with E-state index >= 15 is 0 Å². The number of benzene rings is 3. The first-order valence-corrected chi connectivity index (χ1v) is 9.34.